The molecule has 0 aliphatic heterocycles. The molecule has 5 heteroatoms. The number of rotatable bonds is 8. The van der Waals surface area contributed by atoms with Gasteiger partial charge in [0.15, 0.2) is 0 Å². The van der Waals surface area contributed by atoms with Crippen LogP contribution in [0.3, 0.4) is 0 Å². The maximum atomic E-state index is 11.8. The molecule has 20 heavy (non-hydrogen) atoms. The average Bonchev–Trinajstić information content (AvgIpc) is 2.44. The van der Waals surface area contributed by atoms with Gasteiger partial charge in [-0.2, -0.15) is 0 Å². The molecular formula is C15H22N2O3. The molecule has 0 radical (unpaired) electrons. The van der Waals surface area contributed by atoms with Gasteiger partial charge in [-0.05, 0) is 12.0 Å². The zero-order valence-corrected chi connectivity index (χ0v) is 12.1. The summed E-state index contributed by atoms with van der Waals surface area (Å²) in [4.78, 5) is 24.9. The van der Waals surface area contributed by atoms with Gasteiger partial charge < -0.3 is 15.0 Å². The Balaban J connectivity index is 2.43. The summed E-state index contributed by atoms with van der Waals surface area (Å²) in [5.74, 6) is -0.256. The highest BCUT2D eigenvalue weighted by Crippen LogP contribution is 2.04. The van der Waals surface area contributed by atoms with Crippen molar-refractivity contribution >= 4 is 11.8 Å². The zero-order valence-electron chi connectivity index (χ0n) is 12.1. The normalized spacial score (nSPS) is 10.1. The Morgan fingerprint density at radius 2 is 1.95 bits per heavy atom. The van der Waals surface area contributed by atoms with E-state index in [2.05, 4.69) is 5.32 Å². The number of carbonyl (C=O) groups is 2. The fourth-order valence-electron chi connectivity index (χ4n) is 1.76. The predicted molar refractivity (Wildman–Crippen MR) is 77.0 cm³/mol. The molecule has 110 valence electrons. The lowest BCUT2D eigenvalue weighted by Gasteiger charge is -2.20. The molecule has 0 aliphatic rings. The topological polar surface area (TPSA) is 58.6 Å². The fourth-order valence-corrected chi connectivity index (χ4v) is 1.76. The molecule has 1 aromatic carbocycles. The number of hydrogen-bond donors (Lipinski definition) is 1. The second-order valence-electron chi connectivity index (χ2n) is 4.56. The highest BCUT2D eigenvalue weighted by Gasteiger charge is 2.13. The summed E-state index contributed by atoms with van der Waals surface area (Å²) in [5, 5.41) is 2.78. The summed E-state index contributed by atoms with van der Waals surface area (Å²) < 4.78 is 4.91. The summed E-state index contributed by atoms with van der Waals surface area (Å²) in [6.45, 7) is 3.17. The Bertz CT molecular complexity index is 420. The van der Waals surface area contributed by atoms with Crippen LogP contribution in [0.5, 0.6) is 0 Å². The van der Waals surface area contributed by atoms with Gasteiger partial charge in [0.1, 0.15) is 0 Å². The van der Waals surface area contributed by atoms with Gasteiger partial charge in [0.05, 0.1) is 6.54 Å². The number of nitrogens with one attached hydrogen (secondary N) is 1. The number of benzene rings is 1. The molecule has 0 heterocycles. The van der Waals surface area contributed by atoms with Crippen LogP contribution in [0.25, 0.3) is 0 Å². The van der Waals surface area contributed by atoms with Gasteiger partial charge in [0.2, 0.25) is 11.8 Å². The van der Waals surface area contributed by atoms with E-state index in [4.69, 9.17) is 4.74 Å². The molecule has 0 unspecified atom stereocenters. The van der Waals surface area contributed by atoms with E-state index < -0.39 is 0 Å². The summed E-state index contributed by atoms with van der Waals surface area (Å²) >= 11 is 0. The van der Waals surface area contributed by atoms with Crippen molar-refractivity contribution in [2.45, 2.75) is 19.9 Å². The molecule has 5 nitrogen and oxygen atoms in total. The van der Waals surface area contributed by atoms with E-state index in [0.717, 1.165) is 12.0 Å². The monoisotopic (exact) mass is 278 g/mol. The molecule has 0 atom stereocenters. The van der Waals surface area contributed by atoms with Crippen LogP contribution < -0.4 is 5.32 Å². The smallest absolute Gasteiger partial charge is 0.239 e. The predicted octanol–water partition coefficient (Wildman–Crippen LogP) is 1.19. The molecule has 2 amide bonds. The lowest BCUT2D eigenvalue weighted by Crippen LogP contribution is -2.39. The van der Waals surface area contributed by atoms with Crippen LogP contribution in [0, 0.1) is 0 Å². The molecule has 0 fully saturated rings. The van der Waals surface area contributed by atoms with Gasteiger partial charge in [0.25, 0.3) is 0 Å². The van der Waals surface area contributed by atoms with Crippen LogP contribution in [-0.2, 0) is 20.9 Å². The second kappa shape index (κ2) is 9.09. The summed E-state index contributed by atoms with van der Waals surface area (Å²) in [6.07, 6.45) is 0.765. The first-order valence-electron chi connectivity index (χ1n) is 6.68. The molecule has 1 N–H and O–H groups in total. The van der Waals surface area contributed by atoms with E-state index >= 15 is 0 Å². The maximum absolute atomic E-state index is 11.8. The van der Waals surface area contributed by atoms with Crippen LogP contribution in [-0.4, -0.2) is 43.5 Å². The summed E-state index contributed by atoms with van der Waals surface area (Å²) in [7, 11) is 1.62. The minimum Gasteiger partial charge on any atom is -0.385 e. The Hall–Kier alpha value is -1.88. The van der Waals surface area contributed by atoms with E-state index in [-0.39, 0.29) is 18.4 Å². The average molecular weight is 278 g/mol. The fraction of sp³-hybridized carbons (Fsp3) is 0.467. The number of ether oxygens (including phenoxy) is 1. The molecule has 1 aromatic rings. The van der Waals surface area contributed by atoms with Crippen molar-refractivity contribution in [3.8, 4) is 0 Å². The van der Waals surface area contributed by atoms with E-state index in [9.17, 15) is 9.59 Å². The van der Waals surface area contributed by atoms with Crippen molar-refractivity contribution in [1.29, 1.82) is 0 Å². The van der Waals surface area contributed by atoms with Crippen molar-refractivity contribution in [3.63, 3.8) is 0 Å². The van der Waals surface area contributed by atoms with Crippen molar-refractivity contribution in [3.05, 3.63) is 35.9 Å². The Labute approximate surface area is 119 Å². The highest BCUT2D eigenvalue weighted by molar-refractivity contribution is 5.83. The van der Waals surface area contributed by atoms with Crippen LogP contribution in [0.2, 0.25) is 0 Å². The van der Waals surface area contributed by atoms with Crippen molar-refractivity contribution < 1.29 is 14.3 Å². The van der Waals surface area contributed by atoms with Crippen LogP contribution >= 0.6 is 0 Å². The molecule has 0 saturated carbocycles. The number of hydrogen-bond acceptors (Lipinski definition) is 3. The number of carbonyl (C=O) groups excluding carboxylic acids is 2. The van der Waals surface area contributed by atoms with Gasteiger partial charge in [0, 0.05) is 33.7 Å². The molecule has 1 rings (SSSR count). The minimum absolute atomic E-state index is 0.0806. The first-order chi connectivity index (χ1) is 9.63. The number of methoxy groups -OCH3 is 1. The third-order valence-corrected chi connectivity index (χ3v) is 2.84. The van der Waals surface area contributed by atoms with Crippen LogP contribution in [0.4, 0.5) is 0 Å². The van der Waals surface area contributed by atoms with Gasteiger partial charge in [-0.3, -0.25) is 9.59 Å². The maximum Gasteiger partial charge on any atom is 0.239 e. The molecule has 0 aliphatic carbocycles. The minimum atomic E-state index is -0.146. The Morgan fingerprint density at radius 1 is 1.25 bits per heavy atom. The number of nitrogens with zero attached hydrogens (tertiary/aromatic N) is 1. The highest BCUT2D eigenvalue weighted by atomic mass is 16.5. The van der Waals surface area contributed by atoms with Crippen LogP contribution in [0.1, 0.15) is 18.9 Å². The number of amides is 2. The van der Waals surface area contributed by atoms with E-state index in [1.165, 1.54) is 11.8 Å². The second-order valence-corrected chi connectivity index (χ2v) is 4.56. The summed E-state index contributed by atoms with van der Waals surface area (Å²) in [6, 6.07) is 9.62. The lowest BCUT2D eigenvalue weighted by molar-refractivity contribution is -0.134. The van der Waals surface area contributed by atoms with Crippen molar-refractivity contribution in [2.24, 2.45) is 0 Å². The van der Waals surface area contributed by atoms with E-state index in [1.807, 2.05) is 30.3 Å². The van der Waals surface area contributed by atoms with Gasteiger partial charge in [-0.15, -0.1) is 0 Å². The summed E-state index contributed by atoms with van der Waals surface area (Å²) in [5.41, 5.74) is 1.01. The third kappa shape index (κ3) is 6.33. The first-order valence-corrected chi connectivity index (χ1v) is 6.68. The van der Waals surface area contributed by atoms with Crippen LogP contribution in [0.15, 0.2) is 30.3 Å². The SMILES string of the molecule is COCCCNC(=O)CN(Cc1ccccc1)C(C)=O. The lowest BCUT2D eigenvalue weighted by atomic mass is 10.2. The van der Waals surface area contributed by atoms with E-state index in [1.54, 1.807) is 7.11 Å². The Kier molecular flexibility index (Phi) is 7.35. The first kappa shape index (κ1) is 16.2. The standard InChI is InChI=1S/C15H22N2O3/c1-13(18)17(11-14-7-4-3-5-8-14)12-15(19)16-9-6-10-20-2/h3-5,7-8H,6,9-12H2,1-2H3,(H,16,19). The molecule has 0 spiro atoms. The quantitative estimate of drug-likeness (QED) is 0.727. The van der Waals surface area contributed by atoms with Crippen molar-refractivity contribution in [2.75, 3.05) is 26.8 Å². The van der Waals surface area contributed by atoms with Crippen molar-refractivity contribution in [1.82, 2.24) is 10.2 Å². The Morgan fingerprint density at radius 3 is 2.55 bits per heavy atom. The van der Waals surface area contributed by atoms with E-state index in [0.29, 0.717) is 19.7 Å². The zero-order chi connectivity index (χ0) is 14.8. The molecular weight excluding hydrogens is 256 g/mol. The molecule has 0 saturated heterocycles. The largest absolute Gasteiger partial charge is 0.385 e. The van der Waals surface area contributed by atoms with Gasteiger partial charge >= 0.3 is 0 Å². The molecule has 0 aromatic heterocycles. The van der Waals surface area contributed by atoms with Gasteiger partial charge in [-0.25, -0.2) is 0 Å². The third-order valence-electron chi connectivity index (χ3n) is 2.84. The molecule has 0 bridgehead atoms. The van der Waals surface area contributed by atoms with Gasteiger partial charge in [-0.1, -0.05) is 30.3 Å².